The Morgan fingerprint density at radius 2 is 1.57 bits per heavy atom. The molecule has 1 amide bonds. The van der Waals surface area contributed by atoms with E-state index >= 15 is 0 Å². The van der Waals surface area contributed by atoms with Gasteiger partial charge in [0, 0.05) is 34.5 Å². The van der Waals surface area contributed by atoms with Crippen LogP contribution in [-0.4, -0.2) is 32.8 Å². The van der Waals surface area contributed by atoms with Crippen LogP contribution < -0.4 is 10.9 Å². The quantitative estimate of drug-likeness (QED) is 0.223. The number of hydrogen-bond donors (Lipinski definition) is 1. The Hall–Kier alpha value is -4.30. The molecule has 0 spiro atoms. The Morgan fingerprint density at radius 1 is 0.914 bits per heavy atom. The first-order chi connectivity index (χ1) is 17.0. The molecule has 1 aliphatic carbocycles. The Morgan fingerprint density at radius 3 is 2.31 bits per heavy atom. The number of carbonyl (C=O) groups is 3. The molecule has 0 saturated heterocycles. The second kappa shape index (κ2) is 9.15. The van der Waals surface area contributed by atoms with Gasteiger partial charge in [-0.25, -0.2) is 4.98 Å². The number of amides is 1. The maximum atomic E-state index is 12.9. The fraction of sp³-hybridized carbons (Fsp3) is 0.0741. The number of ketones is 2. The number of nitrogens with zero attached hydrogens (tertiary/aromatic N) is 2. The lowest BCUT2D eigenvalue weighted by Crippen LogP contribution is -2.24. The molecule has 0 atom stereocenters. The van der Waals surface area contributed by atoms with Crippen molar-refractivity contribution in [1.29, 1.82) is 0 Å². The Balaban J connectivity index is 1.36. The van der Waals surface area contributed by atoms with E-state index in [1.165, 1.54) is 10.6 Å². The molecule has 172 valence electrons. The van der Waals surface area contributed by atoms with E-state index < -0.39 is 0 Å². The molecule has 3 aromatic carbocycles. The minimum atomic E-state index is -0.336. The SMILES string of the molecule is C=CCn1c(SCC(=O)Nc2ccc3c(c2)C(=O)c2ccccc2C3=O)nc2ccccc2c1=O. The van der Waals surface area contributed by atoms with Crippen molar-refractivity contribution in [2.75, 3.05) is 11.1 Å². The first-order valence-corrected chi connectivity index (χ1v) is 11.8. The molecule has 7 nitrogen and oxygen atoms in total. The number of allylic oxidation sites excluding steroid dienone is 1. The van der Waals surface area contributed by atoms with Gasteiger partial charge in [-0.1, -0.05) is 54.2 Å². The van der Waals surface area contributed by atoms with Crippen LogP contribution in [0.25, 0.3) is 10.9 Å². The average Bonchev–Trinajstić information content (AvgIpc) is 2.88. The lowest BCUT2D eigenvalue weighted by molar-refractivity contribution is -0.113. The highest BCUT2D eigenvalue weighted by atomic mass is 32.2. The third-order valence-corrected chi connectivity index (χ3v) is 6.66. The molecule has 0 radical (unpaired) electrons. The van der Waals surface area contributed by atoms with Gasteiger partial charge >= 0.3 is 0 Å². The molecule has 0 fully saturated rings. The first kappa shape index (κ1) is 22.5. The van der Waals surface area contributed by atoms with Gasteiger partial charge in [0.2, 0.25) is 5.91 Å². The average molecular weight is 482 g/mol. The van der Waals surface area contributed by atoms with Crippen molar-refractivity contribution in [2.24, 2.45) is 0 Å². The van der Waals surface area contributed by atoms with Crippen molar-refractivity contribution in [3.63, 3.8) is 0 Å². The number of carbonyl (C=O) groups excluding carboxylic acids is 3. The van der Waals surface area contributed by atoms with E-state index in [1.54, 1.807) is 66.7 Å². The monoisotopic (exact) mass is 481 g/mol. The molecule has 35 heavy (non-hydrogen) atoms. The fourth-order valence-electron chi connectivity index (χ4n) is 4.05. The molecule has 4 aromatic rings. The molecule has 1 aliphatic rings. The van der Waals surface area contributed by atoms with E-state index in [1.807, 2.05) is 0 Å². The summed E-state index contributed by atoms with van der Waals surface area (Å²) in [4.78, 5) is 55.8. The largest absolute Gasteiger partial charge is 0.325 e. The molecular formula is C27H19N3O4S. The highest BCUT2D eigenvalue weighted by molar-refractivity contribution is 7.99. The topological polar surface area (TPSA) is 98.1 Å². The summed E-state index contributed by atoms with van der Waals surface area (Å²) in [6.07, 6.45) is 1.60. The summed E-state index contributed by atoms with van der Waals surface area (Å²) in [7, 11) is 0. The second-order valence-corrected chi connectivity index (χ2v) is 8.86. The van der Waals surface area contributed by atoms with E-state index in [0.717, 1.165) is 11.8 Å². The Labute approximate surface area is 204 Å². The highest BCUT2D eigenvalue weighted by Gasteiger charge is 2.29. The molecule has 8 heteroatoms. The van der Waals surface area contributed by atoms with Crippen LogP contribution in [0.5, 0.6) is 0 Å². The molecule has 1 N–H and O–H groups in total. The Kier molecular flexibility index (Phi) is 5.88. The molecule has 0 unspecified atom stereocenters. The van der Waals surface area contributed by atoms with Crippen LogP contribution in [0, 0.1) is 0 Å². The van der Waals surface area contributed by atoms with Crippen molar-refractivity contribution in [3.05, 3.63) is 112 Å². The van der Waals surface area contributed by atoms with E-state index in [2.05, 4.69) is 16.9 Å². The van der Waals surface area contributed by atoms with Gasteiger partial charge in [0.15, 0.2) is 16.7 Å². The van der Waals surface area contributed by atoms with Gasteiger partial charge in [-0.15, -0.1) is 6.58 Å². The lowest BCUT2D eigenvalue weighted by Gasteiger charge is -2.18. The van der Waals surface area contributed by atoms with E-state index in [0.29, 0.717) is 38.4 Å². The van der Waals surface area contributed by atoms with Crippen molar-refractivity contribution < 1.29 is 14.4 Å². The summed E-state index contributed by atoms with van der Waals surface area (Å²) in [5.41, 5.74) is 2.07. The van der Waals surface area contributed by atoms with Crippen molar-refractivity contribution >= 4 is 45.8 Å². The maximum Gasteiger partial charge on any atom is 0.262 e. The Bertz CT molecular complexity index is 1610. The summed E-state index contributed by atoms with van der Waals surface area (Å²) in [6, 6.07) is 18.4. The van der Waals surface area contributed by atoms with Gasteiger partial charge in [0.05, 0.1) is 16.7 Å². The number of rotatable bonds is 6. The predicted molar refractivity (Wildman–Crippen MR) is 135 cm³/mol. The van der Waals surface area contributed by atoms with E-state index in [-0.39, 0.29) is 40.9 Å². The number of nitrogens with one attached hydrogen (secondary N) is 1. The zero-order valence-electron chi connectivity index (χ0n) is 18.5. The van der Waals surface area contributed by atoms with Gasteiger partial charge in [0.1, 0.15) is 0 Å². The van der Waals surface area contributed by atoms with E-state index in [9.17, 15) is 19.2 Å². The summed E-state index contributed by atoms with van der Waals surface area (Å²) >= 11 is 1.13. The van der Waals surface area contributed by atoms with E-state index in [4.69, 9.17) is 0 Å². The number of benzene rings is 3. The van der Waals surface area contributed by atoms with Crippen LogP contribution in [0.1, 0.15) is 31.8 Å². The summed E-state index contributed by atoms with van der Waals surface area (Å²) < 4.78 is 1.48. The van der Waals surface area contributed by atoms with Gasteiger partial charge in [0.25, 0.3) is 5.56 Å². The summed E-state index contributed by atoms with van der Waals surface area (Å²) in [5.74, 6) is -0.812. The zero-order valence-corrected chi connectivity index (χ0v) is 19.3. The second-order valence-electron chi connectivity index (χ2n) is 7.92. The van der Waals surface area contributed by atoms with Gasteiger partial charge < -0.3 is 5.32 Å². The maximum absolute atomic E-state index is 12.9. The molecule has 0 aliphatic heterocycles. The number of para-hydroxylation sites is 1. The van der Waals surface area contributed by atoms with Crippen LogP contribution in [-0.2, 0) is 11.3 Å². The standard InChI is InChI=1S/C27H19N3O4S/c1-2-13-30-26(34)20-9-5-6-10-22(20)29-27(30)35-15-23(31)28-16-11-12-19-21(14-16)25(33)18-8-4-3-7-17(18)24(19)32/h2-12,14H,1,13,15H2,(H,28,31). The first-order valence-electron chi connectivity index (χ1n) is 10.8. The molecule has 1 heterocycles. The zero-order chi connectivity index (χ0) is 24.5. The lowest BCUT2D eigenvalue weighted by atomic mass is 9.84. The third kappa shape index (κ3) is 4.08. The van der Waals surface area contributed by atoms with Crippen molar-refractivity contribution in [3.8, 4) is 0 Å². The molecule has 0 bridgehead atoms. The van der Waals surface area contributed by atoms with Crippen LogP contribution in [0.3, 0.4) is 0 Å². The number of aromatic nitrogens is 2. The molecule has 0 saturated carbocycles. The van der Waals surface area contributed by atoms with Crippen molar-refractivity contribution in [2.45, 2.75) is 11.7 Å². The van der Waals surface area contributed by atoms with Crippen LogP contribution in [0.4, 0.5) is 5.69 Å². The number of anilines is 1. The van der Waals surface area contributed by atoms with Crippen LogP contribution in [0.15, 0.2) is 89.3 Å². The predicted octanol–water partition coefficient (Wildman–Crippen LogP) is 4.09. The number of fused-ring (bicyclic) bond motifs is 3. The minimum absolute atomic E-state index is 0.00524. The van der Waals surface area contributed by atoms with Gasteiger partial charge in [-0.05, 0) is 30.3 Å². The van der Waals surface area contributed by atoms with Gasteiger partial charge in [-0.3, -0.25) is 23.7 Å². The van der Waals surface area contributed by atoms with Crippen LogP contribution >= 0.6 is 11.8 Å². The molecule has 1 aromatic heterocycles. The smallest absolute Gasteiger partial charge is 0.262 e. The minimum Gasteiger partial charge on any atom is -0.325 e. The van der Waals surface area contributed by atoms with Crippen LogP contribution in [0.2, 0.25) is 0 Å². The normalized spacial score (nSPS) is 12.2. The van der Waals surface area contributed by atoms with Crippen molar-refractivity contribution in [1.82, 2.24) is 9.55 Å². The number of thioether (sulfide) groups is 1. The summed E-state index contributed by atoms with van der Waals surface area (Å²) in [6.45, 7) is 3.97. The molecular weight excluding hydrogens is 462 g/mol. The fourth-order valence-corrected chi connectivity index (χ4v) is 4.86. The summed E-state index contributed by atoms with van der Waals surface area (Å²) in [5, 5.41) is 3.67. The highest BCUT2D eigenvalue weighted by Crippen LogP contribution is 2.29. The third-order valence-electron chi connectivity index (χ3n) is 5.68. The molecule has 5 rings (SSSR count). The van der Waals surface area contributed by atoms with Gasteiger partial charge in [-0.2, -0.15) is 0 Å². The number of hydrogen-bond acceptors (Lipinski definition) is 6.